The lowest BCUT2D eigenvalue weighted by molar-refractivity contribution is 0.101. The molecule has 7 heteroatoms. The van der Waals surface area contributed by atoms with E-state index in [1.165, 1.54) is 23.0 Å². The van der Waals surface area contributed by atoms with Crippen molar-refractivity contribution in [1.29, 1.82) is 0 Å². The van der Waals surface area contributed by atoms with Crippen LogP contribution in [0.1, 0.15) is 80.1 Å². The van der Waals surface area contributed by atoms with Gasteiger partial charge >= 0.3 is 0 Å². The number of hydrogen-bond donors (Lipinski definition) is 1. The molecule has 4 nitrogen and oxygen atoms in total. The summed E-state index contributed by atoms with van der Waals surface area (Å²) >= 11 is 0. The van der Waals surface area contributed by atoms with Gasteiger partial charge < -0.3 is 5.32 Å². The van der Waals surface area contributed by atoms with E-state index in [-0.39, 0.29) is 22.7 Å². The molecule has 1 aromatic heterocycles. The average Bonchev–Trinajstić information content (AvgIpc) is 3.16. The molecule has 3 rings (SSSR count). The van der Waals surface area contributed by atoms with E-state index in [9.17, 15) is 18.0 Å². The zero-order valence-corrected chi connectivity index (χ0v) is 15.9. The lowest BCUT2D eigenvalue weighted by atomic mass is 9.85. The second kappa shape index (κ2) is 7.02. The molecule has 1 aliphatic rings. The van der Waals surface area contributed by atoms with Gasteiger partial charge in [-0.05, 0) is 54.4 Å². The topological polar surface area (TPSA) is 46.9 Å². The number of amides is 1. The van der Waals surface area contributed by atoms with Crippen molar-refractivity contribution in [3.63, 3.8) is 0 Å². The van der Waals surface area contributed by atoms with E-state index >= 15 is 0 Å². The van der Waals surface area contributed by atoms with Gasteiger partial charge in [-0.3, -0.25) is 9.48 Å². The Kier molecular flexibility index (Phi) is 5.06. The van der Waals surface area contributed by atoms with Gasteiger partial charge in [0, 0.05) is 18.4 Å². The molecule has 1 aliphatic carbocycles. The summed E-state index contributed by atoms with van der Waals surface area (Å²) in [5, 5.41) is 6.51. The summed E-state index contributed by atoms with van der Waals surface area (Å²) in [7, 11) is 0. The Balaban J connectivity index is 2.02. The third-order valence-corrected chi connectivity index (χ3v) is 5.34. The van der Waals surface area contributed by atoms with Crippen molar-refractivity contribution in [1.82, 2.24) is 9.78 Å². The molecule has 0 saturated carbocycles. The molecule has 146 valence electrons. The van der Waals surface area contributed by atoms with Gasteiger partial charge in [0.05, 0.1) is 5.56 Å². The van der Waals surface area contributed by atoms with Crippen LogP contribution in [-0.2, 0) is 12.0 Å². The maximum Gasteiger partial charge on any atom is 0.282 e. The van der Waals surface area contributed by atoms with Crippen molar-refractivity contribution in [3.05, 3.63) is 46.5 Å². The number of rotatable bonds is 5. The van der Waals surface area contributed by atoms with Gasteiger partial charge in [-0.1, -0.05) is 20.8 Å². The summed E-state index contributed by atoms with van der Waals surface area (Å²) < 4.78 is 42.4. The van der Waals surface area contributed by atoms with Crippen LogP contribution in [0.2, 0.25) is 0 Å². The molecule has 27 heavy (non-hydrogen) atoms. The largest absolute Gasteiger partial charge is 0.322 e. The van der Waals surface area contributed by atoms with Crippen LogP contribution in [0.4, 0.5) is 18.9 Å². The number of aryl methyl sites for hydroxylation is 1. The molecular weight excluding hydrogens is 355 g/mol. The quantitative estimate of drug-likeness (QED) is 0.755. The number of benzene rings is 1. The van der Waals surface area contributed by atoms with E-state index in [1.54, 1.807) is 6.92 Å². The first-order valence-corrected chi connectivity index (χ1v) is 9.19. The van der Waals surface area contributed by atoms with Crippen LogP contribution in [0.5, 0.6) is 0 Å². The average molecular weight is 379 g/mol. The van der Waals surface area contributed by atoms with E-state index in [4.69, 9.17) is 0 Å². The number of aromatic nitrogens is 2. The number of carbonyl (C=O) groups excluding carboxylic acids is 1. The second-order valence-corrected chi connectivity index (χ2v) is 7.62. The molecular formula is C20H24F3N3O. The zero-order valence-electron chi connectivity index (χ0n) is 15.9. The second-order valence-electron chi connectivity index (χ2n) is 7.62. The number of anilines is 1. The Morgan fingerprint density at radius 3 is 2.67 bits per heavy atom. The Labute approximate surface area is 156 Å². The maximum atomic E-state index is 14.5. The number of hydrogen-bond acceptors (Lipinski definition) is 2. The number of carbonyl (C=O) groups is 1. The molecule has 2 aromatic rings. The van der Waals surface area contributed by atoms with Gasteiger partial charge in [-0.2, -0.15) is 5.10 Å². The standard InChI is InChI=1S/C20H24F3N3O/c1-5-11-9-20(3,4)16-13(21)7-8-14(15(11)16)24-19(27)12-10-26(6-2)25-17(12)18(22)23/h7-8,10-11,18H,5-6,9H2,1-4H3,(H,24,27). The summed E-state index contributed by atoms with van der Waals surface area (Å²) in [5.41, 5.74) is 0.819. The molecule has 0 fully saturated rings. The van der Waals surface area contributed by atoms with Crippen LogP contribution >= 0.6 is 0 Å². The molecule has 1 atom stereocenters. The van der Waals surface area contributed by atoms with Crippen molar-refractivity contribution in [2.75, 3.05) is 5.32 Å². The molecule has 0 spiro atoms. The molecule has 0 saturated heterocycles. The lowest BCUT2D eigenvalue weighted by Gasteiger charge is -2.20. The fraction of sp³-hybridized carbons (Fsp3) is 0.500. The first-order valence-electron chi connectivity index (χ1n) is 9.19. The normalized spacial score (nSPS) is 18.0. The summed E-state index contributed by atoms with van der Waals surface area (Å²) in [6.45, 7) is 8.12. The van der Waals surface area contributed by atoms with Crippen LogP contribution in [0.15, 0.2) is 18.3 Å². The highest BCUT2D eigenvalue weighted by Crippen LogP contribution is 2.51. The molecule has 1 unspecified atom stereocenters. The van der Waals surface area contributed by atoms with Crippen molar-refractivity contribution < 1.29 is 18.0 Å². The minimum atomic E-state index is -2.85. The van der Waals surface area contributed by atoms with Crippen LogP contribution in [-0.4, -0.2) is 15.7 Å². The first-order chi connectivity index (χ1) is 12.7. The third-order valence-electron chi connectivity index (χ3n) is 5.34. The summed E-state index contributed by atoms with van der Waals surface area (Å²) in [6.07, 6.45) is 0.0547. The van der Waals surface area contributed by atoms with Crippen LogP contribution < -0.4 is 5.32 Å². The Hall–Kier alpha value is -2.31. The summed E-state index contributed by atoms with van der Waals surface area (Å²) in [5.74, 6) is -0.844. The summed E-state index contributed by atoms with van der Waals surface area (Å²) in [6, 6.07) is 2.85. The van der Waals surface area contributed by atoms with E-state index < -0.39 is 18.0 Å². The van der Waals surface area contributed by atoms with Crippen LogP contribution in [0.25, 0.3) is 0 Å². The van der Waals surface area contributed by atoms with Crippen molar-refractivity contribution >= 4 is 11.6 Å². The van der Waals surface area contributed by atoms with Crippen LogP contribution in [0.3, 0.4) is 0 Å². The Morgan fingerprint density at radius 1 is 1.37 bits per heavy atom. The van der Waals surface area contributed by atoms with Gasteiger partial charge in [0.1, 0.15) is 11.5 Å². The molecule has 1 aromatic carbocycles. The zero-order chi connectivity index (χ0) is 19.9. The van der Waals surface area contributed by atoms with Crippen LogP contribution in [0, 0.1) is 5.82 Å². The van der Waals surface area contributed by atoms with Gasteiger partial charge in [0.15, 0.2) is 0 Å². The molecule has 1 heterocycles. The van der Waals surface area contributed by atoms with Gasteiger partial charge in [0.25, 0.3) is 12.3 Å². The van der Waals surface area contributed by atoms with E-state index in [2.05, 4.69) is 10.4 Å². The molecule has 0 aliphatic heterocycles. The van der Waals surface area contributed by atoms with Crippen molar-refractivity contribution in [2.45, 2.75) is 64.8 Å². The number of halogens is 3. The fourth-order valence-electron chi connectivity index (χ4n) is 4.11. The minimum Gasteiger partial charge on any atom is -0.322 e. The highest BCUT2D eigenvalue weighted by Gasteiger charge is 2.40. The molecule has 0 radical (unpaired) electrons. The highest BCUT2D eigenvalue weighted by molar-refractivity contribution is 6.05. The first kappa shape index (κ1) is 19.5. The number of nitrogens with one attached hydrogen (secondary N) is 1. The van der Waals surface area contributed by atoms with Gasteiger partial charge in [-0.25, -0.2) is 13.2 Å². The Bertz CT molecular complexity index is 874. The fourth-order valence-corrected chi connectivity index (χ4v) is 4.11. The predicted octanol–water partition coefficient (Wildman–Crippen LogP) is 5.41. The smallest absolute Gasteiger partial charge is 0.282 e. The SMILES string of the molecule is CCC1CC(C)(C)c2c(F)ccc(NC(=O)c3cn(CC)nc3C(F)F)c21. The lowest BCUT2D eigenvalue weighted by Crippen LogP contribution is -2.17. The monoisotopic (exact) mass is 379 g/mol. The minimum absolute atomic E-state index is 0.105. The molecule has 0 bridgehead atoms. The van der Waals surface area contributed by atoms with Gasteiger partial charge in [0.2, 0.25) is 0 Å². The highest BCUT2D eigenvalue weighted by atomic mass is 19.3. The molecule has 1 N–H and O–H groups in total. The van der Waals surface area contributed by atoms with Crippen molar-refractivity contribution in [3.8, 4) is 0 Å². The van der Waals surface area contributed by atoms with Crippen molar-refractivity contribution in [2.24, 2.45) is 0 Å². The third kappa shape index (κ3) is 3.35. The van der Waals surface area contributed by atoms with E-state index in [0.29, 0.717) is 17.8 Å². The maximum absolute atomic E-state index is 14.5. The number of fused-ring (bicyclic) bond motifs is 1. The molecule has 1 amide bonds. The number of nitrogens with zero attached hydrogens (tertiary/aromatic N) is 2. The van der Waals surface area contributed by atoms with E-state index in [1.807, 2.05) is 20.8 Å². The number of alkyl halides is 2. The summed E-state index contributed by atoms with van der Waals surface area (Å²) in [4.78, 5) is 12.7. The van der Waals surface area contributed by atoms with Gasteiger partial charge in [-0.15, -0.1) is 0 Å². The van der Waals surface area contributed by atoms with E-state index in [0.717, 1.165) is 18.4 Å². The Morgan fingerprint density at radius 2 is 2.07 bits per heavy atom. The predicted molar refractivity (Wildman–Crippen MR) is 97.9 cm³/mol.